The predicted molar refractivity (Wildman–Crippen MR) is 94.8 cm³/mol. The zero-order valence-electron chi connectivity index (χ0n) is 16.1. The first kappa shape index (κ1) is 22.6. The molecule has 1 fully saturated rings. The molecule has 10 heteroatoms. The quantitative estimate of drug-likeness (QED) is 0.208. The van der Waals surface area contributed by atoms with Gasteiger partial charge in [-0.2, -0.15) is 0 Å². The minimum Gasteiger partial charge on any atom is -0.356 e. The zero-order chi connectivity index (χ0) is 20.4. The van der Waals surface area contributed by atoms with Crippen LogP contribution in [0, 0.1) is 0 Å². The summed E-state index contributed by atoms with van der Waals surface area (Å²) in [7, 11) is 3.58. The first-order valence-electron chi connectivity index (χ1n) is 8.97. The van der Waals surface area contributed by atoms with Crippen LogP contribution < -0.4 is 10.6 Å². The van der Waals surface area contributed by atoms with Crippen LogP contribution in [-0.2, 0) is 28.8 Å². The Kier molecular flexibility index (Phi) is 9.41. The molecule has 1 rings (SSSR count). The van der Waals surface area contributed by atoms with Crippen LogP contribution >= 0.6 is 0 Å². The number of unbranched alkanes of at least 4 members (excludes halogenated alkanes) is 1. The summed E-state index contributed by atoms with van der Waals surface area (Å²) in [5.41, 5.74) is 0. The van der Waals surface area contributed by atoms with Crippen molar-refractivity contribution in [2.45, 2.75) is 51.5 Å². The van der Waals surface area contributed by atoms with Crippen LogP contribution in [0.5, 0.6) is 0 Å². The number of imide groups is 1. The van der Waals surface area contributed by atoms with E-state index in [0.29, 0.717) is 18.0 Å². The number of nitrogens with zero attached hydrogens (tertiary/aromatic N) is 2. The van der Waals surface area contributed by atoms with Crippen molar-refractivity contribution in [2.24, 2.45) is 0 Å². The molecule has 2 N–H and O–H groups in total. The average molecular weight is 388 g/mol. The van der Waals surface area contributed by atoms with Gasteiger partial charge in [-0.25, -0.2) is 4.79 Å². The lowest BCUT2D eigenvalue weighted by Crippen LogP contribution is -2.44. The summed E-state index contributed by atoms with van der Waals surface area (Å²) in [5, 5.41) is 5.85. The highest BCUT2D eigenvalue weighted by molar-refractivity contribution is 6.01. The molecule has 0 saturated carbocycles. The Labute approximate surface area is 158 Å². The van der Waals surface area contributed by atoms with Crippen molar-refractivity contribution in [3.05, 3.63) is 0 Å². The number of rotatable bonds is 11. The van der Waals surface area contributed by atoms with Crippen molar-refractivity contribution in [3.8, 4) is 0 Å². The van der Waals surface area contributed by atoms with Gasteiger partial charge >= 0.3 is 5.97 Å². The van der Waals surface area contributed by atoms with Crippen molar-refractivity contribution >= 4 is 29.6 Å². The monoisotopic (exact) mass is 388 g/mol. The number of amides is 4. The van der Waals surface area contributed by atoms with Gasteiger partial charge in [0.15, 0.2) is 0 Å². The second-order valence-electron chi connectivity index (χ2n) is 6.54. The molecule has 0 aromatic carbocycles. The molecule has 1 saturated heterocycles. The lowest BCUT2D eigenvalue weighted by atomic mass is 10.1. The van der Waals surface area contributed by atoms with Crippen LogP contribution in [-0.4, -0.2) is 72.8 Å². The molecular weight excluding hydrogens is 360 g/mol. The summed E-state index contributed by atoms with van der Waals surface area (Å²) in [6, 6.07) is -0.361. The molecule has 10 nitrogen and oxygen atoms in total. The Balaban J connectivity index is 2.30. The standard InChI is InChI=1S/C17H28N4O6/c1-12(22)18-10-5-4-6-13(20(2)3)17(26)19-11-9-16(25)27-21-14(23)7-8-15(21)24/h13H,4-11H2,1-3H3,(H,18,22)(H,19,26)/i9+1,11+1,16+1,18+1. The summed E-state index contributed by atoms with van der Waals surface area (Å²) in [4.78, 5) is 64.1. The van der Waals surface area contributed by atoms with Crippen molar-refractivity contribution in [2.75, 3.05) is 27.2 Å². The van der Waals surface area contributed by atoms with E-state index < -0.39 is 17.8 Å². The molecule has 0 bridgehead atoms. The minimum absolute atomic E-state index is 0.0370. The van der Waals surface area contributed by atoms with Crippen molar-refractivity contribution in [3.63, 3.8) is 0 Å². The largest absolute Gasteiger partial charge is 0.356 e. The van der Waals surface area contributed by atoms with E-state index in [1.165, 1.54) is 6.92 Å². The highest BCUT2D eigenvalue weighted by atomic mass is 16.8. The predicted octanol–water partition coefficient (Wildman–Crippen LogP) is -0.663. The van der Waals surface area contributed by atoms with Crippen LogP contribution in [0.15, 0.2) is 0 Å². The van der Waals surface area contributed by atoms with Gasteiger partial charge in [-0.05, 0) is 33.4 Å². The number of carbonyl (C=O) groups excluding carboxylic acids is 5. The van der Waals surface area contributed by atoms with E-state index in [1.807, 2.05) is 0 Å². The van der Waals surface area contributed by atoms with Crippen LogP contribution in [0.1, 0.15) is 45.4 Å². The van der Waals surface area contributed by atoms with Gasteiger partial charge in [-0.1, -0.05) is 0 Å². The van der Waals surface area contributed by atoms with Gasteiger partial charge < -0.3 is 15.5 Å². The minimum atomic E-state index is -0.754. The summed E-state index contributed by atoms with van der Waals surface area (Å²) >= 11 is 0. The fraction of sp³-hybridized carbons (Fsp3) is 0.706. The number of hydrogen-bond donors (Lipinski definition) is 2. The third kappa shape index (κ3) is 8.16. The SMILES string of the molecule is CC(=O)[15NH]CCCCC(C(=O)N[13CH2][13CH2][13C](=O)ON1C(=O)CCC1=O)N(C)C. The molecule has 4 amide bonds. The van der Waals surface area contributed by atoms with Gasteiger partial charge in [-0.3, -0.25) is 24.1 Å². The molecule has 0 aliphatic carbocycles. The smallest absolute Gasteiger partial charge is 0.334 e. The average Bonchev–Trinajstić information content (AvgIpc) is 2.89. The molecule has 27 heavy (non-hydrogen) atoms. The maximum Gasteiger partial charge on any atom is 0.334 e. The van der Waals surface area contributed by atoms with Crippen LogP contribution in [0.25, 0.3) is 0 Å². The Morgan fingerprint density at radius 2 is 1.70 bits per heavy atom. The van der Waals surface area contributed by atoms with Crippen molar-refractivity contribution < 1.29 is 28.8 Å². The van der Waals surface area contributed by atoms with Crippen molar-refractivity contribution in [1.29, 1.82) is 0 Å². The van der Waals surface area contributed by atoms with E-state index in [9.17, 15) is 24.0 Å². The van der Waals surface area contributed by atoms with Gasteiger partial charge in [0.25, 0.3) is 11.8 Å². The van der Waals surface area contributed by atoms with Crippen molar-refractivity contribution in [1.82, 2.24) is 20.6 Å². The Morgan fingerprint density at radius 1 is 1.07 bits per heavy atom. The lowest BCUT2D eigenvalue weighted by Gasteiger charge is -2.23. The van der Waals surface area contributed by atoms with E-state index >= 15 is 0 Å². The van der Waals surface area contributed by atoms with E-state index in [0.717, 1.165) is 12.8 Å². The number of nitrogens with one attached hydrogen (secondary N) is 2. The maximum absolute atomic E-state index is 12.3. The van der Waals surface area contributed by atoms with Gasteiger partial charge in [0.05, 0.1) is 12.5 Å². The topological polar surface area (TPSA) is 125 Å². The lowest BCUT2D eigenvalue weighted by molar-refractivity contribution is -0.197. The molecule has 0 aromatic rings. The Hall–Kier alpha value is -2.49. The molecule has 1 heterocycles. The first-order valence-corrected chi connectivity index (χ1v) is 8.97. The van der Waals surface area contributed by atoms with Crippen LogP contribution in [0.3, 0.4) is 0 Å². The number of carbonyl (C=O) groups is 5. The molecule has 1 unspecified atom stereocenters. The van der Waals surface area contributed by atoms with Gasteiger partial charge in [0, 0.05) is 32.9 Å². The van der Waals surface area contributed by atoms with Gasteiger partial charge in [-0.15, -0.1) is 5.06 Å². The van der Waals surface area contributed by atoms with E-state index in [2.05, 4.69) is 10.6 Å². The second-order valence-corrected chi connectivity index (χ2v) is 6.54. The molecule has 1 aliphatic rings. The third-order valence-electron chi connectivity index (χ3n) is 4.03. The highest BCUT2D eigenvalue weighted by Crippen LogP contribution is 2.12. The Morgan fingerprint density at radius 3 is 2.26 bits per heavy atom. The number of hydrogen-bond acceptors (Lipinski definition) is 7. The fourth-order valence-corrected chi connectivity index (χ4v) is 2.56. The molecule has 1 aliphatic heterocycles. The molecule has 0 aromatic heterocycles. The molecule has 0 spiro atoms. The fourth-order valence-electron chi connectivity index (χ4n) is 2.56. The molecular formula is C17H28N4O6. The maximum atomic E-state index is 12.3. The highest BCUT2D eigenvalue weighted by Gasteiger charge is 2.32. The second kappa shape index (κ2) is 11.3. The summed E-state index contributed by atoms with van der Waals surface area (Å²) in [5.74, 6) is -2.13. The van der Waals surface area contributed by atoms with Gasteiger partial charge in [0.1, 0.15) is 0 Å². The Bertz CT molecular complexity index is 562. The van der Waals surface area contributed by atoms with E-state index in [4.69, 9.17) is 4.84 Å². The molecule has 152 valence electrons. The van der Waals surface area contributed by atoms with Gasteiger partial charge in [0.2, 0.25) is 11.8 Å². The van der Waals surface area contributed by atoms with Crippen LogP contribution in [0.2, 0.25) is 0 Å². The summed E-state index contributed by atoms with van der Waals surface area (Å²) in [6.45, 7) is 2.07. The van der Waals surface area contributed by atoms with Crippen LogP contribution in [0.4, 0.5) is 0 Å². The molecule has 0 radical (unpaired) electrons. The first-order chi connectivity index (χ1) is 12.7. The summed E-state index contributed by atoms with van der Waals surface area (Å²) in [6.07, 6.45) is 2.06. The summed E-state index contributed by atoms with van der Waals surface area (Å²) < 4.78 is 0. The zero-order valence-corrected chi connectivity index (χ0v) is 16.1. The number of likely N-dealkylation sites (N-methyl/N-ethyl adjacent to an activating group) is 1. The van der Waals surface area contributed by atoms with E-state index in [-0.39, 0.29) is 43.7 Å². The molecule has 1 atom stereocenters. The third-order valence-corrected chi connectivity index (χ3v) is 4.03. The van der Waals surface area contributed by atoms with E-state index in [1.54, 1.807) is 19.0 Å². The number of hydroxylamine groups is 2. The normalized spacial score (nSPS) is 15.0.